The van der Waals surface area contributed by atoms with Crippen molar-refractivity contribution in [2.24, 2.45) is 0 Å². The Labute approximate surface area is 89.6 Å². The molecular formula is C9H6N2O3S. The third-order valence-corrected chi connectivity index (χ3v) is 2.24. The van der Waals surface area contributed by atoms with Gasteiger partial charge in [-0.05, 0) is 24.4 Å². The maximum absolute atomic E-state index is 5.32. The predicted molar refractivity (Wildman–Crippen MR) is 53.2 cm³/mol. The number of aromatic amines is 1. The minimum absolute atomic E-state index is 0.220. The molecule has 1 aromatic carbocycles. The molecule has 2 heterocycles. The van der Waals surface area contributed by atoms with Gasteiger partial charge in [-0.15, -0.1) is 5.10 Å². The second kappa shape index (κ2) is 3.09. The average molecular weight is 222 g/mol. The van der Waals surface area contributed by atoms with Crippen molar-refractivity contribution >= 4 is 12.2 Å². The SMILES string of the molecule is S=c1[nH]nc(-c2cccc3c2OCO3)o1. The van der Waals surface area contributed by atoms with Crippen LogP contribution in [-0.4, -0.2) is 17.0 Å². The largest absolute Gasteiger partial charge is 0.454 e. The normalized spacial score (nSPS) is 13.1. The Bertz CT molecular complexity index is 560. The Morgan fingerprint density at radius 2 is 2.27 bits per heavy atom. The molecule has 15 heavy (non-hydrogen) atoms. The summed E-state index contributed by atoms with van der Waals surface area (Å²) in [6.07, 6.45) is 0. The van der Waals surface area contributed by atoms with Crippen molar-refractivity contribution < 1.29 is 13.9 Å². The second-order valence-electron chi connectivity index (χ2n) is 2.96. The highest BCUT2D eigenvalue weighted by atomic mass is 32.1. The summed E-state index contributed by atoms with van der Waals surface area (Å²) >= 11 is 4.80. The molecule has 1 aliphatic heterocycles. The van der Waals surface area contributed by atoms with Crippen LogP contribution in [0.5, 0.6) is 11.5 Å². The fraction of sp³-hybridized carbons (Fsp3) is 0.111. The summed E-state index contributed by atoms with van der Waals surface area (Å²) in [6, 6.07) is 5.51. The smallest absolute Gasteiger partial charge is 0.284 e. The van der Waals surface area contributed by atoms with E-state index in [4.69, 9.17) is 26.1 Å². The highest BCUT2D eigenvalue weighted by Crippen LogP contribution is 2.40. The van der Waals surface area contributed by atoms with Crippen LogP contribution >= 0.6 is 12.2 Å². The molecule has 0 aliphatic carbocycles. The van der Waals surface area contributed by atoms with E-state index in [0.717, 1.165) is 5.56 Å². The molecule has 0 spiro atoms. The van der Waals surface area contributed by atoms with Gasteiger partial charge in [0, 0.05) is 0 Å². The predicted octanol–water partition coefficient (Wildman–Crippen LogP) is 2.13. The fourth-order valence-corrected chi connectivity index (χ4v) is 1.57. The van der Waals surface area contributed by atoms with E-state index < -0.39 is 0 Å². The minimum Gasteiger partial charge on any atom is -0.454 e. The van der Waals surface area contributed by atoms with Crippen LogP contribution in [0.2, 0.25) is 0 Å². The van der Waals surface area contributed by atoms with Crippen molar-refractivity contribution in [3.63, 3.8) is 0 Å². The van der Waals surface area contributed by atoms with Gasteiger partial charge in [-0.1, -0.05) is 6.07 Å². The van der Waals surface area contributed by atoms with Gasteiger partial charge in [0.15, 0.2) is 11.5 Å². The molecule has 2 aromatic rings. The number of ether oxygens (including phenoxy) is 2. The molecule has 3 rings (SSSR count). The Morgan fingerprint density at radius 1 is 1.33 bits per heavy atom. The maximum Gasteiger partial charge on any atom is 0.284 e. The zero-order valence-corrected chi connectivity index (χ0v) is 8.34. The van der Waals surface area contributed by atoms with E-state index in [0.29, 0.717) is 17.4 Å². The van der Waals surface area contributed by atoms with Crippen LogP contribution in [-0.2, 0) is 0 Å². The van der Waals surface area contributed by atoms with E-state index >= 15 is 0 Å². The lowest BCUT2D eigenvalue weighted by Crippen LogP contribution is -1.93. The summed E-state index contributed by atoms with van der Waals surface area (Å²) in [4.78, 5) is 0.238. The first-order chi connectivity index (χ1) is 7.34. The number of rotatable bonds is 1. The molecule has 0 bridgehead atoms. The topological polar surface area (TPSA) is 60.3 Å². The van der Waals surface area contributed by atoms with Gasteiger partial charge in [0.2, 0.25) is 12.7 Å². The van der Waals surface area contributed by atoms with E-state index in [1.54, 1.807) is 0 Å². The van der Waals surface area contributed by atoms with Crippen LogP contribution in [0, 0.1) is 4.84 Å². The van der Waals surface area contributed by atoms with Gasteiger partial charge in [0.05, 0.1) is 5.56 Å². The first-order valence-electron chi connectivity index (χ1n) is 4.29. The van der Waals surface area contributed by atoms with E-state index in [-0.39, 0.29) is 11.6 Å². The van der Waals surface area contributed by atoms with E-state index in [1.165, 1.54) is 0 Å². The zero-order valence-electron chi connectivity index (χ0n) is 7.52. The molecule has 1 aromatic heterocycles. The van der Waals surface area contributed by atoms with Crippen LogP contribution in [0.1, 0.15) is 0 Å². The molecule has 6 heteroatoms. The number of hydrogen-bond donors (Lipinski definition) is 1. The van der Waals surface area contributed by atoms with Gasteiger partial charge in [0.25, 0.3) is 4.84 Å². The Balaban J connectivity index is 2.20. The number of fused-ring (bicyclic) bond motifs is 1. The number of nitrogens with zero attached hydrogens (tertiary/aromatic N) is 1. The van der Waals surface area contributed by atoms with Crippen molar-refractivity contribution in [2.45, 2.75) is 0 Å². The van der Waals surface area contributed by atoms with Crippen LogP contribution in [0.4, 0.5) is 0 Å². The molecule has 1 N–H and O–H groups in total. The van der Waals surface area contributed by atoms with Gasteiger partial charge in [-0.2, -0.15) is 0 Å². The monoisotopic (exact) mass is 222 g/mol. The lowest BCUT2D eigenvalue weighted by Gasteiger charge is -1.99. The number of hydrogen-bond acceptors (Lipinski definition) is 5. The first kappa shape index (κ1) is 8.49. The third kappa shape index (κ3) is 1.30. The Kier molecular flexibility index (Phi) is 1.75. The molecule has 0 radical (unpaired) electrons. The average Bonchev–Trinajstić information content (AvgIpc) is 2.84. The van der Waals surface area contributed by atoms with Crippen LogP contribution in [0.15, 0.2) is 22.6 Å². The number of benzene rings is 1. The van der Waals surface area contributed by atoms with E-state index in [9.17, 15) is 0 Å². The number of aromatic nitrogens is 2. The fourth-order valence-electron chi connectivity index (χ4n) is 1.44. The number of nitrogens with one attached hydrogen (secondary N) is 1. The lowest BCUT2D eigenvalue weighted by atomic mass is 10.2. The molecule has 5 nitrogen and oxygen atoms in total. The summed E-state index contributed by atoms with van der Waals surface area (Å²) in [5.41, 5.74) is 0.734. The first-order valence-corrected chi connectivity index (χ1v) is 4.70. The second-order valence-corrected chi connectivity index (χ2v) is 3.33. The van der Waals surface area contributed by atoms with Crippen molar-refractivity contribution in [1.29, 1.82) is 0 Å². The molecule has 76 valence electrons. The molecule has 0 saturated heterocycles. The number of para-hydroxylation sites is 1. The van der Waals surface area contributed by atoms with Crippen molar-refractivity contribution in [3.05, 3.63) is 23.0 Å². The van der Waals surface area contributed by atoms with Crippen molar-refractivity contribution in [1.82, 2.24) is 10.2 Å². The molecule has 1 aliphatic rings. The van der Waals surface area contributed by atoms with Gasteiger partial charge in [-0.25, -0.2) is 5.10 Å². The standard InChI is InChI=1S/C9H6N2O3S/c15-9-11-10-8(14-9)5-2-1-3-6-7(5)13-4-12-6/h1-3H,4H2,(H,11,15). The van der Waals surface area contributed by atoms with E-state index in [2.05, 4.69) is 10.2 Å². The van der Waals surface area contributed by atoms with Crippen LogP contribution < -0.4 is 9.47 Å². The highest BCUT2D eigenvalue weighted by molar-refractivity contribution is 7.71. The zero-order chi connectivity index (χ0) is 10.3. The Hall–Kier alpha value is -1.82. The minimum atomic E-state index is 0.220. The van der Waals surface area contributed by atoms with Gasteiger partial charge < -0.3 is 13.9 Å². The summed E-state index contributed by atoms with van der Waals surface area (Å²) in [6.45, 7) is 0.220. The molecule has 0 amide bonds. The summed E-state index contributed by atoms with van der Waals surface area (Å²) in [5.74, 6) is 1.74. The molecule has 0 unspecified atom stereocenters. The van der Waals surface area contributed by atoms with Crippen LogP contribution in [0.3, 0.4) is 0 Å². The number of H-pyrrole nitrogens is 1. The van der Waals surface area contributed by atoms with Crippen molar-refractivity contribution in [2.75, 3.05) is 6.79 Å². The van der Waals surface area contributed by atoms with Gasteiger partial charge >= 0.3 is 0 Å². The van der Waals surface area contributed by atoms with Gasteiger partial charge in [-0.3, -0.25) is 0 Å². The summed E-state index contributed by atoms with van der Waals surface area (Å²) in [5, 5.41) is 6.49. The molecule has 0 atom stereocenters. The van der Waals surface area contributed by atoms with Gasteiger partial charge in [0.1, 0.15) is 0 Å². The quantitative estimate of drug-likeness (QED) is 0.749. The lowest BCUT2D eigenvalue weighted by molar-refractivity contribution is 0.174. The summed E-state index contributed by atoms with van der Waals surface area (Å²) < 4.78 is 15.8. The van der Waals surface area contributed by atoms with Crippen molar-refractivity contribution in [3.8, 4) is 23.0 Å². The third-order valence-electron chi connectivity index (χ3n) is 2.07. The summed E-state index contributed by atoms with van der Waals surface area (Å²) in [7, 11) is 0. The molecule has 0 saturated carbocycles. The maximum atomic E-state index is 5.32. The molecular weight excluding hydrogens is 216 g/mol. The Morgan fingerprint density at radius 3 is 3.07 bits per heavy atom. The highest BCUT2D eigenvalue weighted by Gasteiger charge is 2.20. The van der Waals surface area contributed by atoms with E-state index in [1.807, 2.05) is 18.2 Å². The van der Waals surface area contributed by atoms with Crippen LogP contribution in [0.25, 0.3) is 11.5 Å². The molecule has 0 fully saturated rings.